The summed E-state index contributed by atoms with van der Waals surface area (Å²) < 4.78 is 6.38. The first kappa shape index (κ1) is 12.2. The van der Waals surface area contributed by atoms with Gasteiger partial charge in [0, 0.05) is 22.1 Å². The van der Waals surface area contributed by atoms with Crippen LogP contribution >= 0.6 is 15.9 Å². The number of halogens is 1. The maximum Gasteiger partial charge on any atom is 0.222 e. The van der Waals surface area contributed by atoms with Crippen LogP contribution in [0.3, 0.4) is 0 Å². The smallest absolute Gasteiger partial charge is 0.222 e. The molecule has 1 aliphatic heterocycles. The molecule has 3 rings (SSSR count). The van der Waals surface area contributed by atoms with Crippen LogP contribution < -0.4 is 15.8 Å². The van der Waals surface area contributed by atoms with Gasteiger partial charge in [0.2, 0.25) is 5.95 Å². The molecule has 0 amide bonds. The third kappa shape index (κ3) is 2.12. The molecule has 0 atom stereocenters. The Morgan fingerprint density at radius 1 is 1.37 bits per heavy atom. The molecule has 1 aromatic heterocycles. The first-order valence-corrected chi connectivity index (χ1v) is 6.72. The fourth-order valence-electron chi connectivity index (χ4n) is 2.28. The van der Waals surface area contributed by atoms with Gasteiger partial charge in [-0.25, -0.2) is 4.98 Å². The zero-order chi connectivity index (χ0) is 13.4. The number of nitrogens with two attached hydrogens (primary N) is 1. The van der Waals surface area contributed by atoms with E-state index in [0.717, 1.165) is 45.8 Å². The van der Waals surface area contributed by atoms with E-state index in [0.29, 0.717) is 0 Å². The lowest BCUT2D eigenvalue weighted by Gasteiger charge is -2.12. The summed E-state index contributed by atoms with van der Waals surface area (Å²) >= 11 is 3.48. The van der Waals surface area contributed by atoms with Gasteiger partial charge in [0.25, 0.3) is 0 Å². The highest BCUT2D eigenvalue weighted by atomic mass is 79.9. The highest BCUT2D eigenvalue weighted by molar-refractivity contribution is 9.10. The Morgan fingerprint density at radius 2 is 2.21 bits per heavy atom. The number of nitrogens with zero attached hydrogens (tertiary/aromatic N) is 2. The van der Waals surface area contributed by atoms with E-state index in [2.05, 4.69) is 31.2 Å². The van der Waals surface area contributed by atoms with Crippen molar-refractivity contribution >= 4 is 27.7 Å². The molecular formula is C13H13BrN4O. The number of fused-ring (bicyclic) bond motifs is 1. The number of hydrogen-bond acceptors (Lipinski definition) is 5. The van der Waals surface area contributed by atoms with E-state index in [-0.39, 0.29) is 5.95 Å². The van der Waals surface area contributed by atoms with E-state index >= 15 is 0 Å². The minimum Gasteiger partial charge on any atom is -0.496 e. The van der Waals surface area contributed by atoms with Crippen LogP contribution in [0.25, 0.3) is 11.3 Å². The molecule has 1 aromatic carbocycles. The highest BCUT2D eigenvalue weighted by Crippen LogP contribution is 2.37. The van der Waals surface area contributed by atoms with Crippen LogP contribution in [0.2, 0.25) is 0 Å². The number of methoxy groups -OCH3 is 1. The van der Waals surface area contributed by atoms with Gasteiger partial charge in [0.1, 0.15) is 11.6 Å². The Balaban J connectivity index is 2.25. The summed E-state index contributed by atoms with van der Waals surface area (Å²) in [6, 6.07) is 5.83. The van der Waals surface area contributed by atoms with Crippen LogP contribution in [0.15, 0.2) is 22.7 Å². The molecule has 2 heterocycles. The van der Waals surface area contributed by atoms with Gasteiger partial charge >= 0.3 is 0 Å². The highest BCUT2D eigenvalue weighted by Gasteiger charge is 2.21. The Morgan fingerprint density at radius 3 is 3.00 bits per heavy atom. The SMILES string of the molecule is COc1ccc(Br)cc1-c1nc(N)nc2c1CCN2. The van der Waals surface area contributed by atoms with Crippen molar-refractivity contribution in [1.82, 2.24) is 9.97 Å². The van der Waals surface area contributed by atoms with Crippen LogP contribution in [0, 0.1) is 0 Å². The van der Waals surface area contributed by atoms with Crippen molar-refractivity contribution < 1.29 is 4.74 Å². The Labute approximate surface area is 119 Å². The summed E-state index contributed by atoms with van der Waals surface area (Å²) in [4.78, 5) is 8.61. The van der Waals surface area contributed by atoms with Gasteiger partial charge in [-0.05, 0) is 24.6 Å². The molecule has 3 N–H and O–H groups in total. The third-order valence-electron chi connectivity index (χ3n) is 3.11. The zero-order valence-electron chi connectivity index (χ0n) is 10.4. The lowest BCUT2D eigenvalue weighted by atomic mass is 10.0. The number of rotatable bonds is 2. The van der Waals surface area contributed by atoms with Gasteiger partial charge in [-0.2, -0.15) is 4.98 Å². The molecule has 0 spiro atoms. The number of anilines is 2. The normalized spacial score (nSPS) is 12.9. The summed E-state index contributed by atoms with van der Waals surface area (Å²) in [5.74, 6) is 1.87. The van der Waals surface area contributed by atoms with Crippen LogP contribution in [-0.2, 0) is 6.42 Å². The second kappa shape index (κ2) is 4.70. The van der Waals surface area contributed by atoms with Gasteiger partial charge in [0.15, 0.2) is 0 Å². The standard InChI is InChI=1S/C13H13BrN4O/c1-19-10-3-2-7(14)6-9(10)11-8-4-5-16-12(8)18-13(15)17-11/h2-3,6H,4-5H2,1H3,(H3,15,16,17,18). The second-order valence-electron chi connectivity index (χ2n) is 4.28. The van der Waals surface area contributed by atoms with Crippen molar-refractivity contribution in [3.63, 3.8) is 0 Å². The molecule has 98 valence electrons. The largest absolute Gasteiger partial charge is 0.496 e. The Bertz CT molecular complexity index is 645. The van der Waals surface area contributed by atoms with E-state index in [4.69, 9.17) is 10.5 Å². The maximum atomic E-state index is 5.78. The minimum atomic E-state index is 0.269. The first-order chi connectivity index (χ1) is 9.19. The average molecular weight is 321 g/mol. The van der Waals surface area contributed by atoms with Crippen molar-refractivity contribution in [3.8, 4) is 17.0 Å². The first-order valence-electron chi connectivity index (χ1n) is 5.93. The molecule has 0 bridgehead atoms. The molecule has 0 radical (unpaired) electrons. The number of nitrogens with one attached hydrogen (secondary N) is 1. The Kier molecular flexibility index (Phi) is 3.02. The Hall–Kier alpha value is -1.82. The summed E-state index contributed by atoms with van der Waals surface area (Å²) in [7, 11) is 1.65. The second-order valence-corrected chi connectivity index (χ2v) is 5.19. The van der Waals surface area contributed by atoms with E-state index in [1.165, 1.54) is 0 Å². The minimum absolute atomic E-state index is 0.269. The van der Waals surface area contributed by atoms with Gasteiger partial charge in [-0.1, -0.05) is 15.9 Å². The van der Waals surface area contributed by atoms with Crippen molar-refractivity contribution in [1.29, 1.82) is 0 Å². The van der Waals surface area contributed by atoms with E-state index < -0.39 is 0 Å². The predicted octanol–water partition coefficient (Wildman–Crippen LogP) is 2.46. The molecule has 0 saturated carbocycles. The number of ether oxygens (including phenoxy) is 1. The van der Waals surface area contributed by atoms with Gasteiger partial charge in [-0.3, -0.25) is 0 Å². The lowest BCUT2D eigenvalue weighted by molar-refractivity contribution is 0.416. The van der Waals surface area contributed by atoms with Crippen molar-refractivity contribution in [3.05, 3.63) is 28.2 Å². The molecule has 19 heavy (non-hydrogen) atoms. The summed E-state index contributed by atoms with van der Waals surface area (Å²) in [6.45, 7) is 0.858. The molecule has 0 saturated heterocycles. The van der Waals surface area contributed by atoms with E-state index in [1.54, 1.807) is 7.11 Å². The van der Waals surface area contributed by atoms with Gasteiger partial charge in [-0.15, -0.1) is 0 Å². The van der Waals surface area contributed by atoms with Crippen molar-refractivity contribution in [2.75, 3.05) is 24.7 Å². The third-order valence-corrected chi connectivity index (χ3v) is 3.60. The molecule has 5 nitrogen and oxygen atoms in total. The lowest BCUT2D eigenvalue weighted by Crippen LogP contribution is -2.02. The molecule has 1 aliphatic rings. The summed E-state index contributed by atoms with van der Waals surface area (Å²) in [6.07, 6.45) is 0.889. The number of nitrogen functional groups attached to an aromatic ring is 1. The van der Waals surface area contributed by atoms with Crippen LogP contribution in [0.1, 0.15) is 5.56 Å². The van der Waals surface area contributed by atoms with Crippen molar-refractivity contribution in [2.24, 2.45) is 0 Å². The molecular weight excluding hydrogens is 308 g/mol. The topological polar surface area (TPSA) is 73.1 Å². The van der Waals surface area contributed by atoms with E-state index in [1.807, 2.05) is 18.2 Å². The number of benzene rings is 1. The zero-order valence-corrected chi connectivity index (χ0v) is 12.0. The molecule has 0 fully saturated rings. The van der Waals surface area contributed by atoms with Crippen LogP contribution in [0.4, 0.5) is 11.8 Å². The monoisotopic (exact) mass is 320 g/mol. The average Bonchev–Trinajstić information content (AvgIpc) is 2.85. The quantitative estimate of drug-likeness (QED) is 0.889. The van der Waals surface area contributed by atoms with Gasteiger partial charge < -0.3 is 15.8 Å². The summed E-state index contributed by atoms with van der Waals surface area (Å²) in [5.41, 5.74) is 8.63. The fraction of sp³-hybridized carbons (Fsp3) is 0.231. The predicted molar refractivity (Wildman–Crippen MR) is 78.3 cm³/mol. The van der Waals surface area contributed by atoms with Crippen LogP contribution in [0.5, 0.6) is 5.75 Å². The molecule has 0 unspecified atom stereocenters. The molecule has 2 aromatic rings. The number of hydrogen-bond donors (Lipinski definition) is 2. The fourth-order valence-corrected chi connectivity index (χ4v) is 2.64. The molecule has 0 aliphatic carbocycles. The van der Waals surface area contributed by atoms with Crippen molar-refractivity contribution in [2.45, 2.75) is 6.42 Å². The molecule has 6 heteroatoms. The van der Waals surface area contributed by atoms with Gasteiger partial charge in [0.05, 0.1) is 12.8 Å². The van der Waals surface area contributed by atoms with Crippen LogP contribution in [-0.4, -0.2) is 23.6 Å². The summed E-state index contributed by atoms with van der Waals surface area (Å²) in [5, 5.41) is 3.22. The maximum absolute atomic E-state index is 5.78. The van der Waals surface area contributed by atoms with E-state index in [9.17, 15) is 0 Å². The number of aromatic nitrogens is 2.